The molecule has 0 bridgehead atoms. The largest absolute Gasteiger partial charge is 0.364 e. The maximum atomic E-state index is 11.4. The topological polar surface area (TPSA) is 114 Å². The highest BCUT2D eigenvalue weighted by Crippen LogP contribution is 2.28. The molecule has 3 heterocycles. The van der Waals surface area contributed by atoms with Crippen LogP contribution < -0.4 is 10.6 Å². The number of carbonyl (C=O) groups is 1. The van der Waals surface area contributed by atoms with Gasteiger partial charge in [-0.15, -0.1) is 0 Å². The summed E-state index contributed by atoms with van der Waals surface area (Å²) in [4.78, 5) is 25.9. The van der Waals surface area contributed by atoms with E-state index in [-0.39, 0.29) is 5.69 Å². The summed E-state index contributed by atoms with van der Waals surface area (Å²) in [7, 11) is 0. The second-order valence-electron chi connectivity index (χ2n) is 4.72. The monoisotopic (exact) mass is 273 g/mol. The van der Waals surface area contributed by atoms with Gasteiger partial charge >= 0.3 is 0 Å². The van der Waals surface area contributed by atoms with Crippen molar-refractivity contribution in [3.63, 3.8) is 0 Å². The van der Waals surface area contributed by atoms with Crippen LogP contribution in [-0.2, 0) is 0 Å². The quantitative estimate of drug-likeness (QED) is 0.818. The Balaban J connectivity index is 1.74. The van der Waals surface area contributed by atoms with Crippen molar-refractivity contribution in [1.29, 1.82) is 0 Å². The summed E-state index contributed by atoms with van der Waals surface area (Å²) in [6.45, 7) is 1.56. The summed E-state index contributed by atoms with van der Waals surface area (Å²) in [5.74, 6) is 1.29. The molecule has 104 valence electrons. The normalized spacial score (nSPS) is 16.3. The van der Waals surface area contributed by atoms with Crippen LogP contribution in [0.5, 0.6) is 0 Å². The highest BCUT2D eigenvalue weighted by Gasteiger charge is 2.25. The first-order valence-electron chi connectivity index (χ1n) is 6.46. The van der Waals surface area contributed by atoms with Gasteiger partial charge in [0.15, 0.2) is 11.5 Å². The van der Waals surface area contributed by atoms with Crippen LogP contribution in [-0.4, -0.2) is 44.1 Å². The van der Waals surface area contributed by atoms with Crippen LogP contribution in [0.1, 0.15) is 35.1 Å². The molecule has 2 aromatic rings. The van der Waals surface area contributed by atoms with Crippen molar-refractivity contribution in [3.05, 3.63) is 30.2 Å². The number of rotatable bonds is 3. The van der Waals surface area contributed by atoms with Crippen molar-refractivity contribution >= 4 is 11.7 Å². The van der Waals surface area contributed by atoms with Crippen molar-refractivity contribution < 1.29 is 4.79 Å². The van der Waals surface area contributed by atoms with Crippen LogP contribution in [0.2, 0.25) is 0 Å². The zero-order chi connectivity index (χ0) is 13.9. The standard InChI is InChI=1S/C12H15N7O/c13-10(20)9-12(15-4-3-14-9)19-5-1-8(2-6-19)11-16-7-17-18-11/h3-4,7-8H,1-2,5-6H2,(H2,13,20)(H,16,17,18). The van der Waals surface area contributed by atoms with E-state index in [1.54, 1.807) is 6.20 Å². The molecule has 0 radical (unpaired) electrons. The van der Waals surface area contributed by atoms with Gasteiger partial charge in [-0.25, -0.2) is 15.0 Å². The maximum Gasteiger partial charge on any atom is 0.271 e. The van der Waals surface area contributed by atoms with E-state index in [4.69, 9.17) is 5.73 Å². The number of hydrogen-bond donors (Lipinski definition) is 2. The third-order valence-electron chi connectivity index (χ3n) is 3.53. The number of carbonyl (C=O) groups excluding carboxylic acids is 1. The van der Waals surface area contributed by atoms with Gasteiger partial charge in [0.05, 0.1) is 0 Å². The maximum absolute atomic E-state index is 11.4. The van der Waals surface area contributed by atoms with Crippen LogP contribution in [0, 0.1) is 0 Å². The van der Waals surface area contributed by atoms with Crippen molar-refractivity contribution in [2.24, 2.45) is 5.73 Å². The molecule has 1 amide bonds. The summed E-state index contributed by atoms with van der Waals surface area (Å²) < 4.78 is 0. The molecule has 8 heteroatoms. The average Bonchev–Trinajstić information content (AvgIpc) is 3.02. The molecule has 0 aliphatic carbocycles. The summed E-state index contributed by atoms with van der Waals surface area (Å²) >= 11 is 0. The number of aromatic amines is 1. The molecular weight excluding hydrogens is 258 g/mol. The van der Waals surface area contributed by atoms with Crippen LogP contribution in [0.25, 0.3) is 0 Å². The van der Waals surface area contributed by atoms with Crippen molar-refractivity contribution in [2.75, 3.05) is 18.0 Å². The lowest BCUT2D eigenvalue weighted by Gasteiger charge is -2.32. The third-order valence-corrected chi connectivity index (χ3v) is 3.53. The van der Waals surface area contributed by atoms with Crippen LogP contribution in [0.4, 0.5) is 5.82 Å². The first-order valence-corrected chi connectivity index (χ1v) is 6.46. The van der Waals surface area contributed by atoms with Gasteiger partial charge in [0, 0.05) is 31.4 Å². The third kappa shape index (κ3) is 2.31. The lowest BCUT2D eigenvalue weighted by molar-refractivity contribution is 0.0995. The fourth-order valence-electron chi connectivity index (χ4n) is 2.51. The Labute approximate surface area is 115 Å². The Morgan fingerprint density at radius 2 is 2.00 bits per heavy atom. The second kappa shape index (κ2) is 5.24. The smallest absolute Gasteiger partial charge is 0.271 e. The minimum absolute atomic E-state index is 0.227. The molecule has 0 saturated carbocycles. The van der Waals surface area contributed by atoms with E-state index in [1.807, 2.05) is 4.90 Å². The molecule has 1 aliphatic heterocycles. The predicted molar refractivity (Wildman–Crippen MR) is 71.1 cm³/mol. The van der Waals surface area contributed by atoms with E-state index < -0.39 is 5.91 Å². The molecule has 0 unspecified atom stereocenters. The number of aromatic nitrogens is 5. The molecule has 0 spiro atoms. The first-order chi connectivity index (χ1) is 9.75. The summed E-state index contributed by atoms with van der Waals surface area (Å²) in [6.07, 6.45) is 6.42. The zero-order valence-electron chi connectivity index (χ0n) is 10.9. The molecule has 0 aromatic carbocycles. The molecule has 1 saturated heterocycles. The number of amides is 1. The molecular formula is C12H15N7O. The lowest BCUT2D eigenvalue weighted by atomic mass is 9.96. The number of H-pyrrole nitrogens is 1. The second-order valence-corrected chi connectivity index (χ2v) is 4.72. The highest BCUT2D eigenvalue weighted by molar-refractivity contribution is 5.95. The van der Waals surface area contributed by atoms with Crippen molar-refractivity contribution in [3.8, 4) is 0 Å². The van der Waals surface area contributed by atoms with Gasteiger partial charge in [-0.2, -0.15) is 5.10 Å². The fraction of sp³-hybridized carbons (Fsp3) is 0.417. The van der Waals surface area contributed by atoms with E-state index in [1.165, 1.54) is 12.5 Å². The zero-order valence-corrected chi connectivity index (χ0v) is 10.9. The molecule has 3 rings (SSSR count). The molecule has 1 aliphatic rings. The number of piperidine rings is 1. The molecule has 0 atom stereocenters. The Kier molecular flexibility index (Phi) is 3.28. The van der Waals surface area contributed by atoms with E-state index in [9.17, 15) is 4.79 Å². The fourth-order valence-corrected chi connectivity index (χ4v) is 2.51. The minimum Gasteiger partial charge on any atom is -0.364 e. The van der Waals surface area contributed by atoms with Gasteiger partial charge in [0.1, 0.15) is 12.2 Å². The number of nitrogens with two attached hydrogens (primary N) is 1. The SMILES string of the molecule is NC(=O)c1nccnc1N1CCC(c2ncn[nH]2)CC1. The Morgan fingerprint density at radius 1 is 1.25 bits per heavy atom. The molecule has 20 heavy (non-hydrogen) atoms. The van der Waals surface area contributed by atoms with Crippen LogP contribution in [0.15, 0.2) is 18.7 Å². The minimum atomic E-state index is -0.551. The van der Waals surface area contributed by atoms with Gasteiger partial charge in [-0.3, -0.25) is 9.89 Å². The summed E-state index contributed by atoms with van der Waals surface area (Å²) in [5.41, 5.74) is 5.56. The predicted octanol–water partition coefficient (Wildman–Crippen LogP) is 0.0776. The summed E-state index contributed by atoms with van der Waals surface area (Å²) in [6, 6.07) is 0. The molecule has 2 aromatic heterocycles. The van der Waals surface area contributed by atoms with Crippen molar-refractivity contribution in [1.82, 2.24) is 25.1 Å². The molecule has 8 nitrogen and oxygen atoms in total. The van der Waals surface area contributed by atoms with Gasteiger partial charge in [-0.1, -0.05) is 0 Å². The van der Waals surface area contributed by atoms with E-state index >= 15 is 0 Å². The van der Waals surface area contributed by atoms with Gasteiger partial charge in [0.2, 0.25) is 0 Å². The van der Waals surface area contributed by atoms with E-state index in [0.717, 1.165) is 31.8 Å². The Bertz CT molecular complexity index is 590. The van der Waals surface area contributed by atoms with E-state index in [2.05, 4.69) is 25.1 Å². The molecule has 3 N–H and O–H groups in total. The van der Waals surface area contributed by atoms with Gasteiger partial charge < -0.3 is 10.6 Å². The highest BCUT2D eigenvalue weighted by atomic mass is 16.1. The van der Waals surface area contributed by atoms with Crippen molar-refractivity contribution in [2.45, 2.75) is 18.8 Å². The number of anilines is 1. The van der Waals surface area contributed by atoms with Gasteiger partial charge in [0.25, 0.3) is 5.91 Å². The lowest BCUT2D eigenvalue weighted by Crippen LogP contribution is -2.35. The number of hydrogen-bond acceptors (Lipinski definition) is 6. The number of nitrogens with zero attached hydrogens (tertiary/aromatic N) is 5. The Morgan fingerprint density at radius 3 is 2.65 bits per heavy atom. The first kappa shape index (κ1) is 12.5. The molecule has 1 fully saturated rings. The van der Waals surface area contributed by atoms with Crippen LogP contribution >= 0.6 is 0 Å². The number of primary amides is 1. The Hall–Kier alpha value is -2.51. The number of nitrogens with one attached hydrogen (secondary N) is 1. The van der Waals surface area contributed by atoms with Crippen LogP contribution in [0.3, 0.4) is 0 Å². The average molecular weight is 273 g/mol. The summed E-state index contributed by atoms with van der Waals surface area (Å²) in [5, 5.41) is 6.79. The van der Waals surface area contributed by atoms with E-state index in [0.29, 0.717) is 11.7 Å². The van der Waals surface area contributed by atoms with Gasteiger partial charge in [-0.05, 0) is 12.8 Å².